The number of hydrogen-bond donors (Lipinski definition) is 2. The second kappa shape index (κ2) is 9.29. The van der Waals surface area contributed by atoms with Crippen LogP contribution in [0.5, 0.6) is 0 Å². The van der Waals surface area contributed by atoms with Gasteiger partial charge < -0.3 is 10.1 Å². The SMILES string of the molecule is O=C(NCCCOC1CCCc2ccccc21)c1ccc(S(=O)(=O)NC2CC2)cc1. The molecule has 4 rings (SSSR count). The number of amides is 1. The van der Waals surface area contributed by atoms with E-state index in [0.717, 1.165) is 38.5 Å². The molecule has 6 nitrogen and oxygen atoms in total. The Labute approximate surface area is 178 Å². The fourth-order valence-electron chi connectivity index (χ4n) is 3.76. The molecule has 2 aromatic rings. The van der Waals surface area contributed by atoms with Gasteiger partial charge in [-0.15, -0.1) is 0 Å². The third kappa shape index (κ3) is 5.28. The largest absolute Gasteiger partial charge is 0.373 e. The normalized spacial score (nSPS) is 18.6. The molecule has 0 radical (unpaired) electrons. The summed E-state index contributed by atoms with van der Waals surface area (Å²) >= 11 is 0. The Kier molecular flexibility index (Phi) is 6.51. The minimum absolute atomic E-state index is 0.0577. The number of aryl methyl sites for hydroxylation is 1. The predicted molar refractivity (Wildman–Crippen MR) is 115 cm³/mol. The summed E-state index contributed by atoms with van der Waals surface area (Å²) < 4.78 is 33.1. The van der Waals surface area contributed by atoms with E-state index in [4.69, 9.17) is 4.74 Å². The highest BCUT2D eigenvalue weighted by Gasteiger charge is 2.28. The van der Waals surface area contributed by atoms with Gasteiger partial charge >= 0.3 is 0 Å². The summed E-state index contributed by atoms with van der Waals surface area (Å²) in [4.78, 5) is 12.5. The van der Waals surface area contributed by atoms with Crippen LogP contribution < -0.4 is 10.0 Å². The zero-order valence-electron chi connectivity index (χ0n) is 17.0. The summed E-state index contributed by atoms with van der Waals surface area (Å²) in [6.07, 6.45) is 5.93. The molecule has 1 atom stereocenters. The van der Waals surface area contributed by atoms with Gasteiger partial charge in [0, 0.05) is 24.8 Å². The van der Waals surface area contributed by atoms with Crippen molar-refractivity contribution >= 4 is 15.9 Å². The number of carbonyl (C=O) groups excluding carboxylic acids is 1. The van der Waals surface area contributed by atoms with Crippen LogP contribution in [0.2, 0.25) is 0 Å². The first-order valence-electron chi connectivity index (χ1n) is 10.6. The number of benzene rings is 2. The van der Waals surface area contributed by atoms with Crippen molar-refractivity contribution < 1.29 is 17.9 Å². The average molecular weight is 429 g/mol. The van der Waals surface area contributed by atoms with E-state index >= 15 is 0 Å². The van der Waals surface area contributed by atoms with Crippen LogP contribution in [0.1, 0.15) is 59.7 Å². The Morgan fingerprint density at radius 2 is 1.80 bits per heavy atom. The van der Waals surface area contributed by atoms with Crippen LogP contribution in [0.15, 0.2) is 53.4 Å². The number of rotatable bonds is 9. The first-order valence-corrected chi connectivity index (χ1v) is 12.1. The van der Waals surface area contributed by atoms with E-state index in [9.17, 15) is 13.2 Å². The third-order valence-corrected chi connectivity index (χ3v) is 7.10. The first kappa shape index (κ1) is 21.0. The van der Waals surface area contributed by atoms with Crippen LogP contribution >= 0.6 is 0 Å². The molecule has 1 unspecified atom stereocenters. The molecule has 0 spiro atoms. The molecule has 2 N–H and O–H groups in total. The quantitative estimate of drug-likeness (QED) is 0.600. The standard InChI is InChI=1S/C23H28N2O4S/c26-23(18-9-13-20(14-10-18)30(27,28)25-19-11-12-19)24-15-4-16-29-22-8-3-6-17-5-1-2-7-21(17)22/h1-2,5,7,9-10,13-14,19,22,25H,3-4,6,8,11-12,15-16H2,(H,24,26). The van der Waals surface area contributed by atoms with Gasteiger partial charge in [0.15, 0.2) is 0 Å². The van der Waals surface area contributed by atoms with Crippen LogP contribution in [-0.4, -0.2) is 33.5 Å². The third-order valence-electron chi connectivity index (χ3n) is 5.57. The zero-order valence-corrected chi connectivity index (χ0v) is 17.8. The average Bonchev–Trinajstić information content (AvgIpc) is 3.57. The van der Waals surface area contributed by atoms with Gasteiger partial charge in [-0.1, -0.05) is 24.3 Å². The lowest BCUT2D eigenvalue weighted by Crippen LogP contribution is -2.27. The maximum Gasteiger partial charge on any atom is 0.251 e. The van der Waals surface area contributed by atoms with Gasteiger partial charge in [-0.05, 0) is 73.9 Å². The molecule has 1 fully saturated rings. The molecular weight excluding hydrogens is 400 g/mol. The smallest absolute Gasteiger partial charge is 0.251 e. The zero-order chi connectivity index (χ0) is 21.0. The fourth-order valence-corrected chi connectivity index (χ4v) is 5.06. The lowest BCUT2D eigenvalue weighted by Gasteiger charge is -2.25. The van der Waals surface area contributed by atoms with Gasteiger partial charge in [-0.25, -0.2) is 13.1 Å². The number of fused-ring (bicyclic) bond motifs is 1. The lowest BCUT2D eigenvalue weighted by molar-refractivity contribution is 0.0393. The predicted octanol–water partition coefficient (Wildman–Crippen LogP) is 3.34. The van der Waals surface area contributed by atoms with E-state index in [1.54, 1.807) is 12.1 Å². The van der Waals surface area contributed by atoms with E-state index in [2.05, 4.69) is 34.3 Å². The van der Waals surface area contributed by atoms with Crippen LogP contribution in [0.3, 0.4) is 0 Å². The highest BCUT2D eigenvalue weighted by atomic mass is 32.2. The number of sulfonamides is 1. The van der Waals surface area contributed by atoms with Crippen LogP contribution in [0.4, 0.5) is 0 Å². The molecule has 160 valence electrons. The lowest BCUT2D eigenvalue weighted by atomic mass is 9.89. The molecule has 1 saturated carbocycles. The van der Waals surface area contributed by atoms with Gasteiger partial charge in [0.2, 0.25) is 10.0 Å². The molecule has 7 heteroatoms. The Bertz CT molecular complexity index is 985. The van der Waals surface area contributed by atoms with Crippen molar-refractivity contribution in [1.29, 1.82) is 0 Å². The van der Waals surface area contributed by atoms with Crippen LogP contribution in [0, 0.1) is 0 Å². The van der Waals surface area contributed by atoms with E-state index in [-0.39, 0.29) is 22.9 Å². The Morgan fingerprint density at radius 3 is 2.57 bits per heavy atom. The minimum Gasteiger partial charge on any atom is -0.373 e. The van der Waals surface area contributed by atoms with Gasteiger partial charge in [-0.3, -0.25) is 4.79 Å². The molecular formula is C23H28N2O4S. The molecule has 2 aliphatic rings. The molecule has 2 aromatic carbocycles. The minimum atomic E-state index is -3.49. The van der Waals surface area contributed by atoms with E-state index in [1.165, 1.54) is 23.3 Å². The number of nitrogens with one attached hydrogen (secondary N) is 2. The van der Waals surface area contributed by atoms with Crippen molar-refractivity contribution in [3.8, 4) is 0 Å². The highest BCUT2D eigenvalue weighted by Crippen LogP contribution is 2.32. The molecule has 0 aromatic heterocycles. The van der Waals surface area contributed by atoms with Gasteiger partial charge in [0.1, 0.15) is 0 Å². The summed E-state index contributed by atoms with van der Waals surface area (Å²) in [6.45, 7) is 1.10. The second-order valence-corrected chi connectivity index (χ2v) is 9.69. The number of hydrogen-bond acceptors (Lipinski definition) is 4. The van der Waals surface area contributed by atoms with Crippen LogP contribution in [-0.2, 0) is 21.2 Å². The molecule has 30 heavy (non-hydrogen) atoms. The van der Waals surface area contributed by atoms with E-state index < -0.39 is 10.0 Å². The van der Waals surface area contributed by atoms with Gasteiger partial charge in [0.05, 0.1) is 11.0 Å². The topological polar surface area (TPSA) is 84.5 Å². The summed E-state index contributed by atoms with van der Waals surface area (Å²) in [5, 5.41) is 2.87. The number of carbonyl (C=O) groups is 1. The Hall–Kier alpha value is -2.22. The molecule has 0 saturated heterocycles. The van der Waals surface area contributed by atoms with Crippen molar-refractivity contribution in [3.05, 3.63) is 65.2 Å². The maximum atomic E-state index is 12.3. The molecule has 2 aliphatic carbocycles. The highest BCUT2D eigenvalue weighted by molar-refractivity contribution is 7.89. The first-order chi connectivity index (χ1) is 14.5. The van der Waals surface area contributed by atoms with Crippen molar-refractivity contribution in [2.45, 2.75) is 55.6 Å². The molecule has 0 bridgehead atoms. The van der Waals surface area contributed by atoms with Crippen molar-refractivity contribution in [2.24, 2.45) is 0 Å². The van der Waals surface area contributed by atoms with Crippen molar-refractivity contribution in [1.82, 2.24) is 10.0 Å². The molecule has 1 amide bonds. The van der Waals surface area contributed by atoms with Crippen LogP contribution in [0.25, 0.3) is 0 Å². The number of ether oxygens (including phenoxy) is 1. The Morgan fingerprint density at radius 1 is 1.03 bits per heavy atom. The van der Waals surface area contributed by atoms with Crippen molar-refractivity contribution in [3.63, 3.8) is 0 Å². The summed E-state index contributed by atoms with van der Waals surface area (Å²) in [6, 6.07) is 14.5. The van der Waals surface area contributed by atoms with Gasteiger partial charge in [-0.2, -0.15) is 0 Å². The van der Waals surface area contributed by atoms with E-state index in [0.29, 0.717) is 18.7 Å². The molecule has 0 aliphatic heterocycles. The van der Waals surface area contributed by atoms with Gasteiger partial charge in [0.25, 0.3) is 5.91 Å². The Balaban J connectivity index is 1.21. The second-order valence-electron chi connectivity index (χ2n) is 7.98. The molecule has 0 heterocycles. The summed E-state index contributed by atoms with van der Waals surface area (Å²) in [7, 11) is -3.49. The van der Waals surface area contributed by atoms with E-state index in [1.807, 2.05) is 0 Å². The summed E-state index contributed by atoms with van der Waals surface area (Å²) in [5.74, 6) is -0.211. The summed E-state index contributed by atoms with van der Waals surface area (Å²) in [5.41, 5.74) is 3.11. The van der Waals surface area contributed by atoms with Crippen molar-refractivity contribution in [2.75, 3.05) is 13.2 Å². The fraction of sp³-hybridized carbons (Fsp3) is 0.435. The maximum absolute atomic E-state index is 12.3. The monoisotopic (exact) mass is 428 g/mol.